The van der Waals surface area contributed by atoms with Crippen LogP contribution in [0.2, 0.25) is 0 Å². The van der Waals surface area contributed by atoms with Crippen molar-refractivity contribution in [2.45, 2.75) is 29.9 Å². The third-order valence-electron chi connectivity index (χ3n) is 3.18. The third kappa shape index (κ3) is 4.48. The maximum atomic E-state index is 12.8. The number of alkyl halides is 3. The average molecular weight is 536 g/mol. The summed E-state index contributed by atoms with van der Waals surface area (Å²) in [4.78, 5) is 31.4. The number of urea groups is 1. The molecule has 11 heteroatoms. The lowest BCUT2D eigenvalue weighted by atomic mass is 10.3. The van der Waals surface area contributed by atoms with Crippen LogP contribution < -0.4 is 4.90 Å². The van der Waals surface area contributed by atoms with Gasteiger partial charge in [0.1, 0.15) is 0 Å². The number of anilines is 1. The number of carbonyl (C=O) groups is 2. The lowest BCUT2D eigenvalue weighted by Gasteiger charge is -2.21. The number of aliphatic imine (C=N–C) groups is 1. The molecule has 1 aromatic rings. The van der Waals surface area contributed by atoms with E-state index in [0.29, 0.717) is 14.6 Å². The highest BCUT2D eigenvalue weighted by atomic mass is 79.9. The molecule has 0 saturated carbocycles. The molecule has 136 valence electrons. The van der Waals surface area contributed by atoms with Crippen LogP contribution in [0.25, 0.3) is 0 Å². The normalized spacial score (nSPS) is 18.7. The number of aliphatic hydroxyl groups is 1. The number of amides is 3. The summed E-state index contributed by atoms with van der Waals surface area (Å²) in [5.74, 6) is -1.02. The van der Waals surface area contributed by atoms with Gasteiger partial charge in [-0.3, -0.25) is 9.69 Å². The summed E-state index contributed by atoms with van der Waals surface area (Å²) >= 11 is 23.4. The first-order valence-electron chi connectivity index (χ1n) is 6.89. The zero-order chi connectivity index (χ0) is 19.1. The smallest absolute Gasteiger partial charge is 0.337 e. The molecule has 1 N–H and O–H groups in total. The van der Waals surface area contributed by atoms with Gasteiger partial charge in [0, 0.05) is 15.0 Å². The van der Waals surface area contributed by atoms with E-state index in [1.165, 1.54) is 0 Å². The Hall–Kier alpha value is -0.380. The van der Waals surface area contributed by atoms with Crippen LogP contribution >= 0.6 is 66.7 Å². The number of benzene rings is 1. The van der Waals surface area contributed by atoms with Crippen LogP contribution in [-0.2, 0) is 4.79 Å². The number of amidine groups is 1. The minimum atomic E-state index is -2.13. The van der Waals surface area contributed by atoms with Crippen molar-refractivity contribution in [2.75, 3.05) is 4.90 Å². The molecule has 1 aliphatic heterocycles. The Kier molecular flexibility index (Phi) is 6.44. The predicted molar refractivity (Wildman–Crippen MR) is 105 cm³/mol. The van der Waals surface area contributed by atoms with Gasteiger partial charge in [-0.05, 0) is 32.0 Å². The van der Waals surface area contributed by atoms with E-state index in [-0.39, 0.29) is 5.84 Å². The van der Waals surface area contributed by atoms with Gasteiger partial charge in [0.2, 0.25) is 9.63 Å². The molecule has 6 nitrogen and oxygen atoms in total. The molecule has 0 aromatic heterocycles. The van der Waals surface area contributed by atoms with E-state index >= 15 is 0 Å². The second-order valence-corrected chi connectivity index (χ2v) is 9.58. The molecule has 25 heavy (non-hydrogen) atoms. The van der Waals surface area contributed by atoms with Crippen molar-refractivity contribution in [3.63, 3.8) is 0 Å². The largest absolute Gasteiger partial charge is 0.368 e. The monoisotopic (exact) mass is 533 g/mol. The zero-order valence-corrected chi connectivity index (χ0v) is 18.3. The molecule has 1 aromatic carbocycles. The van der Waals surface area contributed by atoms with Crippen molar-refractivity contribution in [2.24, 2.45) is 4.99 Å². The van der Waals surface area contributed by atoms with Crippen LogP contribution in [0, 0.1) is 0 Å². The Balaban J connectivity index is 2.54. The molecule has 1 fully saturated rings. The number of imide groups is 1. The molecule has 0 aliphatic carbocycles. The van der Waals surface area contributed by atoms with Gasteiger partial charge in [-0.15, -0.1) is 0 Å². The van der Waals surface area contributed by atoms with Crippen molar-refractivity contribution in [1.82, 2.24) is 4.90 Å². The van der Waals surface area contributed by atoms with Crippen molar-refractivity contribution in [1.29, 1.82) is 0 Å². The second kappa shape index (κ2) is 7.70. The highest BCUT2D eigenvalue weighted by Gasteiger charge is 2.46. The van der Waals surface area contributed by atoms with Crippen molar-refractivity contribution < 1.29 is 14.7 Å². The number of hydrogen-bond donors (Lipinski definition) is 1. The highest BCUT2D eigenvalue weighted by Crippen LogP contribution is 2.33. The third-order valence-corrected chi connectivity index (χ3v) is 4.68. The van der Waals surface area contributed by atoms with Gasteiger partial charge in [0.05, 0.1) is 5.69 Å². The Morgan fingerprint density at radius 1 is 1.12 bits per heavy atom. The number of hydrogen-bond acceptors (Lipinski definition) is 4. The first-order valence-corrected chi connectivity index (χ1v) is 9.61. The molecular weight excluding hydrogens is 524 g/mol. The van der Waals surface area contributed by atoms with Crippen molar-refractivity contribution in [3.8, 4) is 0 Å². The van der Waals surface area contributed by atoms with Gasteiger partial charge in [-0.25, -0.2) is 14.7 Å². The quantitative estimate of drug-likeness (QED) is 0.458. The lowest BCUT2D eigenvalue weighted by molar-refractivity contribution is -0.111. The summed E-state index contributed by atoms with van der Waals surface area (Å²) in [6.45, 7) is 3.39. The van der Waals surface area contributed by atoms with E-state index in [1.807, 2.05) is 0 Å². The van der Waals surface area contributed by atoms with E-state index in [0.717, 1.165) is 9.80 Å². The van der Waals surface area contributed by atoms with E-state index in [4.69, 9.17) is 34.8 Å². The van der Waals surface area contributed by atoms with E-state index in [9.17, 15) is 14.7 Å². The van der Waals surface area contributed by atoms with Gasteiger partial charge in [0.15, 0.2) is 6.23 Å². The van der Waals surface area contributed by atoms with Crippen LogP contribution in [0.5, 0.6) is 0 Å². The molecule has 1 unspecified atom stereocenters. The summed E-state index contributed by atoms with van der Waals surface area (Å²) in [5.41, 5.74) is 0.329. The SMILES string of the molecule is CC(C)N1C(=O)N(c2cc(Br)cc(Br)c2)C(=O)/C1=N/C(O)C(Cl)(Cl)Cl. The number of carbonyl (C=O) groups excluding carboxylic acids is 2. The van der Waals surface area contributed by atoms with Gasteiger partial charge >= 0.3 is 11.9 Å². The van der Waals surface area contributed by atoms with Crippen molar-refractivity contribution in [3.05, 3.63) is 27.1 Å². The first-order chi connectivity index (χ1) is 11.4. The van der Waals surface area contributed by atoms with Crippen LogP contribution in [0.4, 0.5) is 10.5 Å². The maximum Gasteiger partial charge on any atom is 0.337 e. The molecule has 0 bridgehead atoms. The molecular formula is C14H12Br2Cl3N3O3. The van der Waals surface area contributed by atoms with Crippen LogP contribution in [0.1, 0.15) is 13.8 Å². The molecule has 0 spiro atoms. The molecule has 2 rings (SSSR count). The molecule has 0 radical (unpaired) electrons. The highest BCUT2D eigenvalue weighted by molar-refractivity contribution is 9.11. The van der Waals surface area contributed by atoms with Gasteiger partial charge < -0.3 is 5.11 Å². The summed E-state index contributed by atoms with van der Waals surface area (Å²) in [7, 11) is 0. The number of nitrogens with zero attached hydrogens (tertiary/aromatic N) is 3. The molecule has 1 aliphatic rings. The van der Waals surface area contributed by atoms with E-state index in [2.05, 4.69) is 36.9 Å². The van der Waals surface area contributed by atoms with Crippen LogP contribution in [-0.4, -0.2) is 43.8 Å². The fraction of sp³-hybridized carbons (Fsp3) is 0.357. The Morgan fingerprint density at radius 2 is 1.64 bits per heavy atom. The molecule has 1 atom stereocenters. The lowest BCUT2D eigenvalue weighted by Crippen LogP contribution is -2.39. The topological polar surface area (TPSA) is 73.2 Å². The standard InChI is InChI=1S/C14H12Br2Cl3N3O3/c1-6(2)21-10(20-12(24)14(17,18)19)11(23)22(13(21)25)9-4-7(15)3-8(16)5-9/h3-6,12,24H,1-2H3/b20-10-. The van der Waals surface area contributed by atoms with Gasteiger partial charge in [-0.2, -0.15) is 0 Å². The number of rotatable bonds is 3. The minimum Gasteiger partial charge on any atom is -0.368 e. The fourth-order valence-corrected chi connectivity index (χ4v) is 3.57. The summed E-state index contributed by atoms with van der Waals surface area (Å²) in [6.07, 6.45) is -1.81. The Labute approximate surface area is 176 Å². The summed E-state index contributed by atoms with van der Waals surface area (Å²) in [6, 6.07) is 3.95. The molecule has 3 amide bonds. The van der Waals surface area contributed by atoms with Crippen LogP contribution in [0.15, 0.2) is 32.1 Å². The van der Waals surface area contributed by atoms with E-state index < -0.39 is 28.0 Å². The fourth-order valence-electron chi connectivity index (χ4n) is 2.16. The zero-order valence-electron chi connectivity index (χ0n) is 12.9. The van der Waals surface area contributed by atoms with E-state index in [1.54, 1.807) is 32.0 Å². The summed E-state index contributed by atoms with van der Waals surface area (Å²) < 4.78 is -0.800. The minimum absolute atomic E-state index is 0.296. The first kappa shape index (κ1) is 20.9. The Bertz CT molecular complexity index is 732. The number of halogens is 5. The second-order valence-electron chi connectivity index (χ2n) is 5.38. The molecule has 1 heterocycles. The van der Waals surface area contributed by atoms with Crippen molar-refractivity contribution >= 4 is 90.1 Å². The Morgan fingerprint density at radius 3 is 2.08 bits per heavy atom. The molecule has 1 saturated heterocycles. The predicted octanol–water partition coefficient (Wildman–Crippen LogP) is 4.48. The summed E-state index contributed by atoms with van der Waals surface area (Å²) in [5, 5.41) is 9.89. The van der Waals surface area contributed by atoms with Gasteiger partial charge in [-0.1, -0.05) is 66.7 Å². The van der Waals surface area contributed by atoms with Crippen LogP contribution in [0.3, 0.4) is 0 Å². The average Bonchev–Trinajstić information content (AvgIpc) is 2.67. The van der Waals surface area contributed by atoms with Gasteiger partial charge in [0.25, 0.3) is 0 Å². The number of aliphatic hydroxyl groups excluding tert-OH is 1. The maximum absolute atomic E-state index is 12.8.